The summed E-state index contributed by atoms with van der Waals surface area (Å²) in [5, 5.41) is 0. The van der Waals surface area contributed by atoms with Crippen LogP contribution in [0, 0.1) is 6.92 Å². The number of nitrogens with zero attached hydrogens (tertiary/aromatic N) is 1. The first kappa shape index (κ1) is 14.0. The standard InChI is InChI=1S/C14H22N2S/c1-6-14(3,4)16(5)12-10(2)8-7-9-11(12)13(15)17/h7-9H,6H2,1-5H3,(H2,15,17). The van der Waals surface area contributed by atoms with Gasteiger partial charge in [0.25, 0.3) is 0 Å². The van der Waals surface area contributed by atoms with Gasteiger partial charge in [0, 0.05) is 18.2 Å². The van der Waals surface area contributed by atoms with Gasteiger partial charge in [-0.15, -0.1) is 0 Å². The molecule has 94 valence electrons. The molecule has 2 N–H and O–H groups in total. The Bertz CT molecular complexity index is 424. The van der Waals surface area contributed by atoms with Crippen LogP contribution >= 0.6 is 12.2 Å². The Morgan fingerprint density at radius 1 is 1.41 bits per heavy atom. The lowest BCUT2D eigenvalue weighted by molar-refractivity contribution is 0.470. The predicted molar refractivity (Wildman–Crippen MR) is 79.8 cm³/mol. The topological polar surface area (TPSA) is 29.3 Å². The number of para-hydroxylation sites is 1. The van der Waals surface area contributed by atoms with E-state index in [0.29, 0.717) is 4.99 Å². The van der Waals surface area contributed by atoms with Gasteiger partial charge < -0.3 is 10.6 Å². The normalized spacial score (nSPS) is 11.4. The van der Waals surface area contributed by atoms with E-state index in [1.54, 1.807) is 0 Å². The van der Waals surface area contributed by atoms with Gasteiger partial charge in [-0.3, -0.25) is 0 Å². The molecule has 0 aliphatic rings. The molecule has 0 aliphatic carbocycles. The molecular formula is C14H22N2S. The van der Waals surface area contributed by atoms with Crippen LogP contribution < -0.4 is 10.6 Å². The summed E-state index contributed by atoms with van der Waals surface area (Å²) in [6.45, 7) is 8.74. The highest BCUT2D eigenvalue weighted by Gasteiger charge is 2.24. The second kappa shape index (κ2) is 5.05. The van der Waals surface area contributed by atoms with Crippen LogP contribution in [0.1, 0.15) is 38.3 Å². The van der Waals surface area contributed by atoms with Crippen LogP contribution in [0.5, 0.6) is 0 Å². The molecule has 0 unspecified atom stereocenters. The van der Waals surface area contributed by atoms with Gasteiger partial charge in [-0.1, -0.05) is 31.3 Å². The maximum absolute atomic E-state index is 5.81. The van der Waals surface area contributed by atoms with Crippen molar-refractivity contribution in [2.75, 3.05) is 11.9 Å². The molecule has 0 heterocycles. The molecule has 2 nitrogen and oxygen atoms in total. The quantitative estimate of drug-likeness (QED) is 0.832. The molecule has 0 bridgehead atoms. The second-order valence-corrected chi connectivity index (χ2v) is 5.50. The number of anilines is 1. The molecule has 0 fully saturated rings. The third-order valence-corrected chi connectivity index (χ3v) is 3.83. The summed E-state index contributed by atoms with van der Waals surface area (Å²) in [6, 6.07) is 6.09. The van der Waals surface area contributed by atoms with Crippen LogP contribution in [0.15, 0.2) is 18.2 Å². The third-order valence-electron chi connectivity index (χ3n) is 3.61. The summed E-state index contributed by atoms with van der Waals surface area (Å²) in [4.78, 5) is 2.74. The fraction of sp³-hybridized carbons (Fsp3) is 0.500. The molecule has 0 radical (unpaired) electrons. The smallest absolute Gasteiger partial charge is 0.106 e. The third kappa shape index (κ3) is 2.78. The lowest BCUT2D eigenvalue weighted by Gasteiger charge is -2.38. The predicted octanol–water partition coefficient (Wildman–Crippen LogP) is 3.25. The average Bonchev–Trinajstić information content (AvgIpc) is 2.27. The Balaban J connectivity index is 3.34. The van der Waals surface area contributed by atoms with E-state index in [0.717, 1.165) is 17.7 Å². The van der Waals surface area contributed by atoms with E-state index in [9.17, 15) is 0 Å². The summed E-state index contributed by atoms with van der Waals surface area (Å²) >= 11 is 5.14. The van der Waals surface area contributed by atoms with E-state index in [-0.39, 0.29) is 5.54 Å². The van der Waals surface area contributed by atoms with E-state index in [1.807, 2.05) is 12.1 Å². The van der Waals surface area contributed by atoms with Crippen LogP contribution in [0.4, 0.5) is 5.69 Å². The van der Waals surface area contributed by atoms with Gasteiger partial charge in [-0.25, -0.2) is 0 Å². The molecule has 1 aromatic rings. The average molecular weight is 250 g/mol. The molecule has 3 heteroatoms. The van der Waals surface area contributed by atoms with Crippen molar-refractivity contribution in [2.24, 2.45) is 5.73 Å². The lowest BCUT2D eigenvalue weighted by Crippen LogP contribution is -2.42. The highest BCUT2D eigenvalue weighted by Crippen LogP contribution is 2.31. The zero-order chi connectivity index (χ0) is 13.2. The first-order valence-electron chi connectivity index (χ1n) is 5.94. The Labute approximate surface area is 110 Å². The van der Waals surface area contributed by atoms with Crippen molar-refractivity contribution in [1.82, 2.24) is 0 Å². The van der Waals surface area contributed by atoms with Crippen molar-refractivity contribution in [3.63, 3.8) is 0 Å². The second-order valence-electron chi connectivity index (χ2n) is 5.06. The number of hydrogen-bond donors (Lipinski definition) is 1. The number of thiocarbonyl (C=S) groups is 1. The molecule has 0 aliphatic heterocycles. The Morgan fingerprint density at radius 2 is 2.00 bits per heavy atom. The van der Waals surface area contributed by atoms with Crippen LogP contribution in [-0.2, 0) is 0 Å². The fourth-order valence-electron chi connectivity index (χ4n) is 1.84. The van der Waals surface area contributed by atoms with Gasteiger partial charge in [0.1, 0.15) is 4.99 Å². The van der Waals surface area contributed by atoms with E-state index in [4.69, 9.17) is 18.0 Å². The number of nitrogens with two attached hydrogens (primary N) is 1. The molecule has 0 amide bonds. The molecule has 17 heavy (non-hydrogen) atoms. The monoisotopic (exact) mass is 250 g/mol. The maximum atomic E-state index is 5.81. The van der Waals surface area contributed by atoms with E-state index in [2.05, 4.69) is 45.7 Å². The number of rotatable bonds is 4. The first-order valence-corrected chi connectivity index (χ1v) is 6.35. The zero-order valence-electron chi connectivity index (χ0n) is 11.4. The Morgan fingerprint density at radius 3 is 2.47 bits per heavy atom. The van der Waals surface area contributed by atoms with Crippen LogP contribution in [-0.4, -0.2) is 17.6 Å². The molecule has 0 spiro atoms. The first-order chi connectivity index (χ1) is 7.81. The van der Waals surface area contributed by atoms with E-state index < -0.39 is 0 Å². The lowest BCUT2D eigenvalue weighted by atomic mass is 9.96. The van der Waals surface area contributed by atoms with Gasteiger partial charge in [-0.2, -0.15) is 0 Å². The summed E-state index contributed by atoms with van der Waals surface area (Å²) in [6.07, 6.45) is 1.06. The van der Waals surface area contributed by atoms with Gasteiger partial charge >= 0.3 is 0 Å². The van der Waals surface area contributed by atoms with E-state index >= 15 is 0 Å². The molecule has 0 saturated heterocycles. The van der Waals surface area contributed by atoms with Gasteiger partial charge in [0.2, 0.25) is 0 Å². The molecular weight excluding hydrogens is 228 g/mol. The van der Waals surface area contributed by atoms with Crippen molar-refractivity contribution in [2.45, 2.75) is 39.7 Å². The van der Waals surface area contributed by atoms with Gasteiger partial charge in [-0.05, 0) is 38.8 Å². The number of hydrogen-bond acceptors (Lipinski definition) is 2. The summed E-state index contributed by atoms with van der Waals surface area (Å²) in [5.74, 6) is 0. The van der Waals surface area contributed by atoms with E-state index in [1.165, 1.54) is 5.56 Å². The Hall–Kier alpha value is -1.09. The molecule has 1 aromatic carbocycles. The van der Waals surface area contributed by atoms with Crippen molar-refractivity contribution in [3.05, 3.63) is 29.3 Å². The SMILES string of the molecule is CCC(C)(C)N(C)c1c(C)cccc1C(N)=S. The van der Waals surface area contributed by atoms with Crippen molar-refractivity contribution in [1.29, 1.82) is 0 Å². The number of benzene rings is 1. The molecule has 0 aromatic heterocycles. The summed E-state index contributed by atoms with van der Waals surface area (Å²) in [5.41, 5.74) is 9.21. The minimum atomic E-state index is 0.0889. The highest BCUT2D eigenvalue weighted by atomic mass is 32.1. The summed E-state index contributed by atoms with van der Waals surface area (Å²) in [7, 11) is 2.10. The molecule has 1 rings (SSSR count). The van der Waals surface area contributed by atoms with Gasteiger partial charge in [0.15, 0.2) is 0 Å². The molecule has 0 atom stereocenters. The maximum Gasteiger partial charge on any atom is 0.106 e. The largest absolute Gasteiger partial charge is 0.389 e. The molecule has 0 saturated carbocycles. The van der Waals surface area contributed by atoms with Crippen molar-refractivity contribution in [3.8, 4) is 0 Å². The van der Waals surface area contributed by atoms with Crippen LogP contribution in [0.3, 0.4) is 0 Å². The number of aryl methyl sites for hydroxylation is 1. The summed E-state index contributed by atoms with van der Waals surface area (Å²) < 4.78 is 0. The minimum Gasteiger partial charge on any atom is -0.389 e. The minimum absolute atomic E-state index is 0.0889. The van der Waals surface area contributed by atoms with Crippen LogP contribution in [0.2, 0.25) is 0 Å². The van der Waals surface area contributed by atoms with Crippen molar-refractivity contribution >= 4 is 22.9 Å². The van der Waals surface area contributed by atoms with Gasteiger partial charge in [0.05, 0.1) is 5.69 Å². The highest BCUT2D eigenvalue weighted by molar-refractivity contribution is 7.80. The fourth-order valence-corrected chi connectivity index (χ4v) is 2.01. The van der Waals surface area contributed by atoms with Crippen LogP contribution in [0.25, 0.3) is 0 Å². The van der Waals surface area contributed by atoms with Crippen molar-refractivity contribution < 1.29 is 0 Å². The Kier molecular flexibility index (Phi) is 4.15. The zero-order valence-corrected chi connectivity index (χ0v) is 12.2.